The quantitative estimate of drug-likeness (QED) is 0.755. The van der Waals surface area contributed by atoms with E-state index in [0.29, 0.717) is 16.5 Å². The lowest BCUT2D eigenvalue weighted by Gasteiger charge is -2.34. The van der Waals surface area contributed by atoms with Gasteiger partial charge in [-0.3, -0.25) is 9.69 Å². The van der Waals surface area contributed by atoms with Gasteiger partial charge in [-0.25, -0.2) is 0 Å². The second-order valence-corrected chi connectivity index (χ2v) is 7.24. The summed E-state index contributed by atoms with van der Waals surface area (Å²) in [5.74, 6) is 1.03. The van der Waals surface area contributed by atoms with Crippen molar-refractivity contribution in [1.82, 2.24) is 9.80 Å². The summed E-state index contributed by atoms with van der Waals surface area (Å²) in [5, 5.41) is 1.11. The number of allylic oxidation sites excluding steroid dienone is 1. The normalized spacial score (nSPS) is 19.5. The van der Waals surface area contributed by atoms with Crippen LogP contribution in [-0.2, 0) is 11.2 Å². The lowest BCUT2D eigenvalue weighted by atomic mass is 10.1. The third-order valence-electron chi connectivity index (χ3n) is 4.50. The summed E-state index contributed by atoms with van der Waals surface area (Å²) in [4.78, 5) is 16.7. The van der Waals surface area contributed by atoms with E-state index in [0.717, 1.165) is 37.7 Å². The molecule has 2 fully saturated rings. The molecular weight excluding hydrogens is 331 g/mol. The van der Waals surface area contributed by atoms with Gasteiger partial charge in [0.05, 0.1) is 10.0 Å². The van der Waals surface area contributed by atoms with Gasteiger partial charge in [-0.15, -0.1) is 0 Å². The maximum atomic E-state index is 12.2. The third-order valence-corrected chi connectivity index (χ3v) is 5.23. The van der Waals surface area contributed by atoms with Gasteiger partial charge in [0.1, 0.15) is 0 Å². The lowest BCUT2D eigenvalue weighted by molar-refractivity contribution is -0.127. The van der Waals surface area contributed by atoms with Crippen LogP contribution in [0.3, 0.4) is 0 Å². The van der Waals surface area contributed by atoms with Crippen LogP contribution >= 0.6 is 23.2 Å². The molecule has 124 valence electrons. The van der Waals surface area contributed by atoms with E-state index in [1.165, 1.54) is 19.4 Å². The number of amides is 1. The number of carbonyl (C=O) groups is 1. The van der Waals surface area contributed by atoms with Gasteiger partial charge in [0.25, 0.3) is 0 Å². The van der Waals surface area contributed by atoms with Gasteiger partial charge in [-0.2, -0.15) is 0 Å². The zero-order chi connectivity index (χ0) is 16.2. The minimum atomic E-state index is 0.108. The van der Waals surface area contributed by atoms with Crippen molar-refractivity contribution in [3.63, 3.8) is 0 Å². The molecule has 0 aromatic heterocycles. The number of piperazine rings is 1. The van der Waals surface area contributed by atoms with Gasteiger partial charge in [-0.05, 0) is 49.0 Å². The number of hydrogen-bond acceptors (Lipinski definition) is 2. The molecule has 5 heteroatoms. The molecule has 1 amide bonds. The Balaban J connectivity index is 1.44. The van der Waals surface area contributed by atoms with Crippen molar-refractivity contribution in [2.24, 2.45) is 5.92 Å². The van der Waals surface area contributed by atoms with E-state index in [-0.39, 0.29) is 5.91 Å². The van der Waals surface area contributed by atoms with E-state index in [2.05, 4.69) is 4.90 Å². The molecular formula is C18H22Cl2N2O. The first-order chi connectivity index (χ1) is 11.1. The van der Waals surface area contributed by atoms with Crippen LogP contribution in [0.25, 0.3) is 0 Å². The SMILES string of the molecule is O=C(/C=C/Cc1ccc(Cl)c(Cl)c1)N1CCN(CC2CC2)CC1. The zero-order valence-corrected chi connectivity index (χ0v) is 14.7. The summed E-state index contributed by atoms with van der Waals surface area (Å²) in [7, 11) is 0. The van der Waals surface area contributed by atoms with E-state index in [1.807, 2.05) is 23.1 Å². The molecule has 0 unspecified atom stereocenters. The molecule has 1 saturated heterocycles. The fourth-order valence-electron chi connectivity index (χ4n) is 2.88. The van der Waals surface area contributed by atoms with Crippen molar-refractivity contribution >= 4 is 29.1 Å². The van der Waals surface area contributed by atoms with Gasteiger partial charge in [0, 0.05) is 32.7 Å². The number of halogens is 2. The molecule has 23 heavy (non-hydrogen) atoms. The number of hydrogen-bond donors (Lipinski definition) is 0. The molecule has 0 atom stereocenters. The van der Waals surface area contributed by atoms with Gasteiger partial charge in [0.15, 0.2) is 0 Å². The van der Waals surface area contributed by atoms with E-state index in [4.69, 9.17) is 23.2 Å². The van der Waals surface area contributed by atoms with Crippen LogP contribution in [-0.4, -0.2) is 48.4 Å². The van der Waals surface area contributed by atoms with E-state index in [1.54, 1.807) is 12.1 Å². The Labute approximate surface area is 147 Å². The number of benzene rings is 1. The van der Waals surface area contributed by atoms with Crippen molar-refractivity contribution in [3.05, 3.63) is 46.0 Å². The van der Waals surface area contributed by atoms with Crippen molar-refractivity contribution in [1.29, 1.82) is 0 Å². The lowest BCUT2D eigenvalue weighted by Crippen LogP contribution is -2.48. The van der Waals surface area contributed by atoms with Gasteiger partial charge >= 0.3 is 0 Å². The highest BCUT2D eigenvalue weighted by molar-refractivity contribution is 6.42. The third kappa shape index (κ3) is 4.97. The monoisotopic (exact) mass is 352 g/mol. The molecule has 0 spiro atoms. The summed E-state index contributed by atoms with van der Waals surface area (Å²) in [6.45, 7) is 4.90. The Morgan fingerprint density at radius 2 is 1.87 bits per heavy atom. The molecule has 1 saturated carbocycles. The number of carbonyl (C=O) groups excluding carboxylic acids is 1. The molecule has 1 aliphatic carbocycles. The Morgan fingerprint density at radius 3 is 2.52 bits per heavy atom. The second kappa shape index (κ2) is 7.69. The average Bonchev–Trinajstić information content (AvgIpc) is 3.35. The number of nitrogens with zero attached hydrogens (tertiary/aromatic N) is 2. The molecule has 0 N–H and O–H groups in total. The zero-order valence-electron chi connectivity index (χ0n) is 13.2. The minimum Gasteiger partial charge on any atom is -0.337 e. The van der Waals surface area contributed by atoms with Crippen molar-refractivity contribution < 1.29 is 4.79 Å². The van der Waals surface area contributed by atoms with Crippen LogP contribution in [0.2, 0.25) is 10.0 Å². The summed E-state index contributed by atoms with van der Waals surface area (Å²) < 4.78 is 0. The van der Waals surface area contributed by atoms with Gasteiger partial charge in [-0.1, -0.05) is 35.3 Å². The highest BCUT2D eigenvalue weighted by atomic mass is 35.5. The van der Waals surface area contributed by atoms with Gasteiger partial charge in [0.2, 0.25) is 5.91 Å². The molecule has 3 rings (SSSR count). The molecule has 1 aromatic carbocycles. The Hall–Kier alpha value is -1.03. The van der Waals surface area contributed by atoms with Crippen molar-refractivity contribution in [2.75, 3.05) is 32.7 Å². The molecule has 3 nitrogen and oxygen atoms in total. The summed E-state index contributed by atoms with van der Waals surface area (Å²) in [5.41, 5.74) is 1.05. The maximum Gasteiger partial charge on any atom is 0.246 e. The highest BCUT2D eigenvalue weighted by Crippen LogP contribution is 2.29. The van der Waals surface area contributed by atoms with Crippen molar-refractivity contribution in [3.8, 4) is 0 Å². The molecule has 1 heterocycles. The van der Waals surface area contributed by atoms with Gasteiger partial charge < -0.3 is 4.90 Å². The first-order valence-corrected chi connectivity index (χ1v) is 8.99. The molecule has 2 aliphatic rings. The van der Waals surface area contributed by atoms with Crippen molar-refractivity contribution in [2.45, 2.75) is 19.3 Å². The Morgan fingerprint density at radius 1 is 1.13 bits per heavy atom. The predicted molar refractivity (Wildman–Crippen MR) is 95.1 cm³/mol. The smallest absolute Gasteiger partial charge is 0.246 e. The van der Waals surface area contributed by atoms with E-state index < -0.39 is 0 Å². The minimum absolute atomic E-state index is 0.108. The number of rotatable bonds is 5. The van der Waals surface area contributed by atoms with Crippen LogP contribution in [0.1, 0.15) is 18.4 Å². The first kappa shape index (κ1) is 16.8. The Kier molecular flexibility index (Phi) is 5.62. The summed E-state index contributed by atoms with van der Waals surface area (Å²) in [6, 6.07) is 5.56. The van der Waals surface area contributed by atoms with Crippen LogP contribution in [0.5, 0.6) is 0 Å². The summed E-state index contributed by atoms with van der Waals surface area (Å²) in [6.07, 6.45) is 7.04. The molecule has 1 aliphatic heterocycles. The second-order valence-electron chi connectivity index (χ2n) is 6.42. The highest BCUT2D eigenvalue weighted by Gasteiger charge is 2.27. The fourth-order valence-corrected chi connectivity index (χ4v) is 3.20. The average molecular weight is 353 g/mol. The van der Waals surface area contributed by atoms with E-state index >= 15 is 0 Å². The van der Waals surface area contributed by atoms with Crippen LogP contribution in [0, 0.1) is 5.92 Å². The van der Waals surface area contributed by atoms with Crippen LogP contribution in [0.4, 0.5) is 0 Å². The van der Waals surface area contributed by atoms with Crippen LogP contribution < -0.4 is 0 Å². The largest absolute Gasteiger partial charge is 0.337 e. The fraction of sp³-hybridized carbons (Fsp3) is 0.500. The van der Waals surface area contributed by atoms with Crippen LogP contribution in [0.15, 0.2) is 30.4 Å². The maximum absolute atomic E-state index is 12.2. The first-order valence-electron chi connectivity index (χ1n) is 8.23. The topological polar surface area (TPSA) is 23.6 Å². The standard InChI is InChI=1S/C18H22Cl2N2O/c19-16-7-6-14(12-17(16)20)2-1-3-18(23)22-10-8-21(9-11-22)13-15-4-5-15/h1,3,6-7,12,15H,2,4-5,8-11,13H2/b3-1+. The summed E-state index contributed by atoms with van der Waals surface area (Å²) >= 11 is 11.9. The molecule has 0 bridgehead atoms. The van der Waals surface area contributed by atoms with E-state index in [9.17, 15) is 4.79 Å². The molecule has 0 radical (unpaired) electrons. The Bertz CT molecular complexity index is 591. The molecule has 1 aromatic rings. The predicted octanol–water partition coefficient (Wildman–Crippen LogP) is 3.65.